The Morgan fingerprint density at radius 3 is 2.80 bits per heavy atom. The largest absolute Gasteiger partial charge is 0.325 e. The molecule has 0 radical (unpaired) electrons. The third kappa shape index (κ3) is 2.38. The fraction of sp³-hybridized carbons (Fsp3) is 0.471. The van der Waals surface area contributed by atoms with Crippen molar-refractivity contribution in [2.24, 2.45) is 5.92 Å². The predicted octanol–water partition coefficient (Wildman–Crippen LogP) is 3.15. The second-order valence-corrected chi connectivity index (χ2v) is 6.14. The zero-order valence-electron chi connectivity index (χ0n) is 12.2. The minimum Gasteiger partial charge on any atom is -0.325 e. The standard InChI is InChI=1S/C17H22N2O/c1-11(2)10-18-14-8-5-9-15-16(14)12-6-3-4-7-13(12)17(20)19-15/h3-4,6-7,11,14,18H,5,8-10H2,1-2H3,(H,19,20)/t14-/m1/s1. The smallest absolute Gasteiger partial charge is 0.256 e. The van der Waals surface area contributed by atoms with Crippen molar-refractivity contribution in [3.8, 4) is 0 Å². The van der Waals surface area contributed by atoms with Crippen LogP contribution in [0.5, 0.6) is 0 Å². The van der Waals surface area contributed by atoms with Gasteiger partial charge in [-0.25, -0.2) is 0 Å². The maximum absolute atomic E-state index is 12.1. The molecule has 0 spiro atoms. The molecule has 2 N–H and O–H groups in total. The quantitative estimate of drug-likeness (QED) is 0.900. The second kappa shape index (κ2) is 5.41. The first-order valence-electron chi connectivity index (χ1n) is 7.54. The SMILES string of the molecule is CC(C)CN[C@@H]1CCCc2[nH]c(=O)c3ccccc3c21. The van der Waals surface area contributed by atoms with Crippen molar-refractivity contribution in [1.82, 2.24) is 10.3 Å². The van der Waals surface area contributed by atoms with Crippen molar-refractivity contribution in [3.63, 3.8) is 0 Å². The first-order valence-corrected chi connectivity index (χ1v) is 7.54. The molecule has 0 fully saturated rings. The predicted molar refractivity (Wildman–Crippen MR) is 83.1 cm³/mol. The minimum absolute atomic E-state index is 0.0452. The molecule has 3 rings (SSSR count). The van der Waals surface area contributed by atoms with Crippen LogP contribution in [0.15, 0.2) is 29.1 Å². The summed E-state index contributed by atoms with van der Waals surface area (Å²) < 4.78 is 0. The lowest BCUT2D eigenvalue weighted by atomic mass is 9.87. The van der Waals surface area contributed by atoms with Crippen LogP contribution in [-0.4, -0.2) is 11.5 Å². The average Bonchev–Trinajstić information content (AvgIpc) is 2.45. The molecule has 0 amide bonds. The van der Waals surface area contributed by atoms with Gasteiger partial charge in [0.15, 0.2) is 0 Å². The molecule has 1 aliphatic rings. The number of benzene rings is 1. The van der Waals surface area contributed by atoms with Crippen LogP contribution < -0.4 is 10.9 Å². The van der Waals surface area contributed by atoms with E-state index >= 15 is 0 Å². The van der Waals surface area contributed by atoms with E-state index in [2.05, 4.69) is 30.2 Å². The number of H-pyrrole nitrogens is 1. The molecule has 0 unspecified atom stereocenters. The normalized spacial score (nSPS) is 18.4. The van der Waals surface area contributed by atoms with Crippen LogP contribution in [0.25, 0.3) is 10.8 Å². The first kappa shape index (κ1) is 13.4. The van der Waals surface area contributed by atoms with Gasteiger partial charge in [0.2, 0.25) is 0 Å². The van der Waals surface area contributed by atoms with E-state index in [4.69, 9.17) is 0 Å². The Hall–Kier alpha value is -1.61. The van der Waals surface area contributed by atoms with Crippen LogP contribution >= 0.6 is 0 Å². The number of aromatic nitrogens is 1. The van der Waals surface area contributed by atoms with Gasteiger partial charge in [0.25, 0.3) is 5.56 Å². The zero-order valence-corrected chi connectivity index (χ0v) is 12.2. The second-order valence-electron chi connectivity index (χ2n) is 6.14. The lowest BCUT2D eigenvalue weighted by Crippen LogP contribution is -2.30. The molecule has 1 aliphatic carbocycles. The van der Waals surface area contributed by atoms with Crippen molar-refractivity contribution < 1.29 is 0 Å². The number of pyridine rings is 1. The van der Waals surface area contributed by atoms with Gasteiger partial charge in [0.1, 0.15) is 0 Å². The van der Waals surface area contributed by atoms with Gasteiger partial charge in [-0.1, -0.05) is 32.0 Å². The van der Waals surface area contributed by atoms with Crippen molar-refractivity contribution >= 4 is 10.8 Å². The van der Waals surface area contributed by atoms with Gasteiger partial charge in [-0.15, -0.1) is 0 Å². The van der Waals surface area contributed by atoms with Crippen LogP contribution in [0.1, 0.15) is 44.0 Å². The summed E-state index contributed by atoms with van der Waals surface area (Å²) in [5, 5.41) is 5.59. The average molecular weight is 270 g/mol. The molecule has 1 aromatic carbocycles. The molecular weight excluding hydrogens is 248 g/mol. The molecular formula is C17H22N2O. The lowest BCUT2D eigenvalue weighted by molar-refractivity contribution is 0.425. The Balaban J connectivity index is 2.11. The third-order valence-corrected chi connectivity index (χ3v) is 4.09. The molecule has 20 heavy (non-hydrogen) atoms. The zero-order chi connectivity index (χ0) is 14.1. The summed E-state index contributed by atoms with van der Waals surface area (Å²) in [7, 11) is 0. The van der Waals surface area contributed by atoms with Crippen molar-refractivity contribution in [3.05, 3.63) is 45.9 Å². The molecule has 3 heteroatoms. The molecule has 0 aliphatic heterocycles. The van der Waals surface area contributed by atoms with E-state index in [1.807, 2.05) is 18.2 Å². The van der Waals surface area contributed by atoms with Crippen LogP contribution in [0.4, 0.5) is 0 Å². The number of nitrogens with one attached hydrogen (secondary N) is 2. The van der Waals surface area contributed by atoms with Gasteiger partial charge in [-0.2, -0.15) is 0 Å². The molecule has 1 heterocycles. The lowest BCUT2D eigenvalue weighted by Gasteiger charge is -2.28. The van der Waals surface area contributed by atoms with E-state index in [0.717, 1.165) is 42.3 Å². The van der Waals surface area contributed by atoms with E-state index < -0.39 is 0 Å². The van der Waals surface area contributed by atoms with Crippen molar-refractivity contribution in [2.45, 2.75) is 39.2 Å². The van der Waals surface area contributed by atoms with Gasteiger partial charge < -0.3 is 10.3 Å². The Morgan fingerprint density at radius 1 is 1.30 bits per heavy atom. The summed E-state index contributed by atoms with van der Waals surface area (Å²) in [4.78, 5) is 15.2. The Kier molecular flexibility index (Phi) is 3.62. The Bertz CT molecular complexity index is 672. The monoisotopic (exact) mass is 270 g/mol. The van der Waals surface area contributed by atoms with E-state index in [-0.39, 0.29) is 5.56 Å². The van der Waals surface area contributed by atoms with Gasteiger partial charge >= 0.3 is 0 Å². The fourth-order valence-corrected chi connectivity index (χ4v) is 3.15. The van der Waals surface area contributed by atoms with Gasteiger partial charge in [0.05, 0.1) is 0 Å². The Labute approximate surface area is 119 Å². The summed E-state index contributed by atoms with van der Waals surface area (Å²) in [6.07, 6.45) is 3.27. The molecule has 3 nitrogen and oxygen atoms in total. The Morgan fingerprint density at radius 2 is 2.05 bits per heavy atom. The number of aryl methyl sites for hydroxylation is 1. The summed E-state index contributed by atoms with van der Waals surface area (Å²) in [5.41, 5.74) is 2.48. The maximum Gasteiger partial charge on any atom is 0.256 e. The van der Waals surface area contributed by atoms with Crippen molar-refractivity contribution in [2.75, 3.05) is 6.54 Å². The summed E-state index contributed by atoms with van der Waals surface area (Å²) in [5.74, 6) is 0.634. The van der Waals surface area contributed by atoms with Crippen LogP contribution in [0, 0.1) is 5.92 Å². The van der Waals surface area contributed by atoms with E-state index in [1.54, 1.807) is 0 Å². The molecule has 1 atom stereocenters. The van der Waals surface area contributed by atoms with Crippen LogP contribution in [0.2, 0.25) is 0 Å². The number of hydrogen-bond acceptors (Lipinski definition) is 2. The number of aromatic amines is 1. The topological polar surface area (TPSA) is 44.9 Å². The van der Waals surface area contributed by atoms with E-state index in [9.17, 15) is 4.79 Å². The number of hydrogen-bond donors (Lipinski definition) is 2. The van der Waals surface area contributed by atoms with E-state index in [1.165, 1.54) is 5.56 Å². The number of fused-ring (bicyclic) bond motifs is 3. The molecule has 106 valence electrons. The molecule has 0 saturated heterocycles. The molecule has 2 aromatic rings. The molecule has 1 aromatic heterocycles. The van der Waals surface area contributed by atoms with Gasteiger partial charge in [-0.05, 0) is 48.7 Å². The minimum atomic E-state index is 0.0452. The number of rotatable bonds is 3. The molecule has 0 saturated carbocycles. The van der Waals surface area contributed by atoms with Crippen LogP contribution in [-0.2, 0) is 6.42 Å². The first-order chi connectivity index (χ1) is 9.66. The van der Waals surface area contributed by atoms with Crippen molar-refractivity contribution in [1.29, 1.82) is 0 Å². The molecule has 0 bridgehead atoms. The highest BCUT2D eigenvalue weighted by atomic mass is 16.1. The summed E-state index contributed by atoms with van der Waals surface area (Å²) >= 11 is 0. The summed E-state index contributed by atoms with van der Waals surface area (Å²) in [6.45, 7) is 5.46. The summed E-state index contributed by atoms with van der Waals surface area (Å²) in [6, 6.07) is 8.32. The third-order valence-electron chi connectivity index (χ3n) is 4.09. The fourth-order valence-electron chi connectivity index (χ4n) is 3.15. The van der Waals surface area contributed by atoms with Gasteiger partial charge in [0, 0.05) is 17.1 Å². The van der Waals surface area contributed by atoms with E-state index in [0.29, 0.717) is 12.0 Å². The highest BCUT2D eigenvalue weighted by Gasteiger charge is 2.23. The maximum atomic E-state index is 12.1. The highest BCUT2D eigenvalue weighted by Crippen LogP contribution is 2.32. The highest BCUT2D eigenvalue weighted by molar-refractivity contribution is 5.86. The van der Waals surface area contributed by atoms with Gasteiger partial charge in [-0.3, -0.25) is 4.79 Å². The van der Waals surface area contributed by atoms with Crippen LogP contribution in [0.3, 0.4) is 0 Å².